The van der Waals surface area contributed by atoms with Crippen LogP contribution in [0, 0.1) is 0 Å². The molecule has 1 fully saturated rings. The smallest absolute Gasteiger partial charge is 0.409 e. The highest BCUT2D eigenvalue weighted by atomic mass is 16.6. The normalized spacial score (nSPS) is 18.1. The highest BCUT2D eigenvalue weighted by molar-refractivity contribution is 5.79. The van der Waals surface area contributed by atoms with Crippen molar-refractivity contribution in [2.75, 3.05) is 0 Å². The number of carbonyl (C=O) groups excluding carboxylic acids is 1. The molecule has 0 aromatic heterocycles. The van der Waals surface area contributed by atoms with E-state index in [1.165, 1.54) is 0 Å². The monoisotopic (exact) mass is 244 g/mol. The van der Waals surface area contributed by atoms with Gasteiger partial charge in [0.05, 0.1) is 0 Å². The van der Waals surface area contributed by atoms with Crippen LogP contribution in [0.3, 0.4) is 0 Å². The molecule has 1 unspecified atom stereocenters. The summed E-state index contributed by atoms with van der Waals surface area (Å²) in [6.07, 6.45) is 1.17. The number of carboxylic acids is 1. The van der Waals surface area contributed by atoms with Crippen LogP contribution in [-0.2, 0) is 9.53 Å². The van der Waals surface area contributed by atoms with Crippen molar-refractivity contribution >= 4 is 12.1 Å². The highest BCUT2D eigenvalue weighted by Crippen LogP contribution is 2.18. The Kier molecular flexibility index (Phi) is 4.34. The Balaban J connectivity index is 2.42. The molecule has 0 saturated heterocycles. The Hall–Kier alpha value is -1.30. The lowest BCUT2D eigenvalue weighted by molar-refractivity contribution is -0.140. The molecule has 1 aliphatic carbocycles. The van der Waals surface area contributed by atoms with E-state index in [-0.39, 0.29) is 6.04 Å². The van der Waals surface area contributed by atoms with Gasteiger partial charge < -0.3 is 9.84 Å². The second kappa shape index (κ2) is 5.35. The molecular weight excluding hydrogens is 224 g/mol. The molecule has 1 rings (SSSR count). The number of amides is 1. The number of rotatable bonds is 4. The van der Waals surface area contributed by atoms with Gasteiger partial charge in [0, 0.05) is 6.04 Å². The van der Waals surface area contributed by atoms with Crippen molar-refractivity contribution in [3.05, 3.63) is 0 Å². The highest BCUT2D eigenvalue weighted by Gasteiger charge is 2.28. The van der Waals surface area contributed by atoms with E-state index in [1.54, 1.807) is 20.8 Å². The largest absolute Gasteiger partial charge is 0.479 e. The first-order valence-corrected chi connectivity index (χ1v) is 5.76. The summed E-state index contributed by atoms with van der Waals surface area (Å²) in [7, 11) is 0. The van der Waals surface area contributed by atoms with E-state index < -0.39 is 23.8 Å². The van der Waals surface area contributed by atoms with Crippen LogP contribution in [0.4, 0.5) is 4.79 Å². The minimum Gasteiger partial charge on any atom is -0.479 e. The lowest BCUT2D eigenvalue weighted by atomic mass is 9.93. The fraction of sp³-hybridized carbons (Fsp3) is 0.818. The maximum absolute atomic E-state index is 11.4. The first-order chi connectivity index (χ1) is 7.78. The quantitative estimate of drug-likeness (QED) is 0.644. The van der Waals surface area contributed by atoms with E-state index in [9.17, 15) is 9.59 Å². The summed E-state index contributed by atoms with van der Waals surface area (Å²) in [5.41, 5.74) is -0.635. The van der Waals surface area contributed by atoms with Crippen LogP contribution >= 0.6 is 0 Å². The predicted octanol–water partition coefficient (Wildman–Crippen LogP) is 1.06. The predicted molar refractivity (Wildman–Crippen MR) is 61.6 cm³/mol. The van der Waals surface area contributed by atoms with Gasteiger partial charge >= 0.3 is 12.1 Å². The lowest BCUT2D eigenvalue weighted by Crippen LogP contribution is -2.56. The molecule has 6 nitrogen and oxygen atoms in total. The van der Waals surface area contributed by atoms with Crippen LogP contribution in [0.1, 0.15) is 40.0 Å². The molecule has 1 atom stereocenters. The minimum absolute atomic E-state index is 0.172. The summed E-state index contributed by atoms with van der Waals surface area (Å²) in [5.74, 6) is -1.11. The zero-order valence-electron chi connectivity index (χ0n) is 10.4. The molecule has 1 saturated carbocycles. The number of alkyl carbamates (subject to hydrolysis) is 1. The van der Waals surface area contributed by atoms with E-state index in [0.29, 0.717) is 0 Å². The molecule has 0 aromatic carbocycles. The Morgan fingerprint density at radius 3 is 2.29 bits per heavy atom. The molecule has 0 aromatic rings. The van der Waals surface area contributed by atoms with Gasteiger partial charge in [0.25, 0.3) is 0 Å². The van der Waals surface area contributed by atoms with Crippen LogP contribution in [-0.4, -0.2) is 35.0 Å². The third-order valence-electron chi connectivity index (χ3n) is 2.42. The van der Waals surface area contributed by atoms with Gasteiger partial charge in [0.2, 0.25) is 0 Å². The summed E-state index contributed by atoms with van der Waals surface area (Å²) in [4.78, 5) is 22.4. The van der Waals surface area contributed by atoms with E-state index in [1.807, 2.05) is 0 Å². The van der Waals surface area contributed by atoms with Gasteiger partial charge in [-0.3, -0.25) is 10.6 Å². The fourth-order valence-corrected chi connectivity index (χ4v) is 1.41. The maximum Gasteiger partial charge on any atom is 0.409 e. The van der Waals surface area contributed by atoms with Crippen molar-refractivity contribution in [3.63, 3.8) is 0 Å². The standard InChI is InChI=1S/C11H20N2O4/c1-11(2,3)17-10(16)13-8(9(14)15)12-7-5-4-6-7/h7-8,12H,4-6H2,1-3H3,(H,13,16)(H,14,15). The molecule has 0 heterocycles. The van der Waals surface area contributed by atoms with Crippen molar-refractivity contribution in [3.8, 4) is 0 Å². The van der Waals surface area contributed by atoms with Gasteiger partial charge in [-0.05, 0) is 33.6 Å². The molecule has 1 aliphatic rings. The number of hydrogen-bond acceptors (Lipinski definition) is 4. The summed E-state index contributed by atoms with van der Waals surface area (Å²) < 4.78 is 5.00. The van der Waals surface area contributed by atoms with Crippen LogP contribution in [0.2, 0.25) is 0 Å². The zero-order chi connectivity index (χ0) is 13.1. The average Bonchev–Trinajstić information content (AvgIpc) is 2.05. The van der Waals surface area contributed by atoms with E-state index in [2.05, 4.69) is 10.6 Å². The number of carboxylic acid groups (broad SMARTS) is 1. The second-order valence-corrected chi connectivity index (χ2v) is 5.21. The van der Waals surface area contributed by atoms with Crippen molar-refractivity contribution in [2.45, 2.75) is 57.8 Å². The van der Waals surface area contributed by atoms with Crippen molar-refractivity contribution < 1.29 is 19.4 Å². The van der Waals surface area contributed by atoms with Crippen molar-refractivity contribution in [1.82, 2.24) is 10.6 Å². The summed E-state index contributed by atoms with van der Waals surface area (Å²) >= 11 is 0. The van der Waals surface area contributed by atoms with Crippen LogP contribution < -0.4 is 10.6 Å². The van der Waals surface area contributed by atoms with E-state index in [0.717, 1.165) is 19.3 Å². The lowest BCUT2D eigenvalue weighted by Gasteiger charge is -2.30. The number of hydrogen-bond donors (Lipinski definition) is 3. The number of carbonyl (C=O) groups is 2. The Morgan fingerprint density at radius 1 is 1.35 bits per heavy atom. The van der Waals surface area contributed by atoms with Crippen molar-refractivity contribution in [2.24, 2.45) is 0 Å². The number of ether oxygens (including phenoxy) is 1. The van der Waals surface area contributed by atoms with Gasteiger partial charge in [-0.2, -0.15) is 0 Å². The first-order valence-electron chi connectivity index (χ1n) is 5.76. The molecule has 6 heteroatoms. The third-order valence-corrected chi connectivity index (χ3v) is 2.42. The first kappa shape index (κ1) is 13.8. The van der Waals surface area contributed by atoms with Gasteiger partial charge in [0.1, 0.15) is 5.60 Å². The second-order valence-electron chi connectivity index (χ2n) is 5.21. The topological polar surface area (TPSA) is 87.7 Å². The van der Waals surface area contributed by atoms with Gasteiger partial charge in [0.15, 0.2) is 6.17 Å². The molecule has 17 heavy (non-hydrogen) atoms. The van der Waals surface area contributed by atoms with Crippen LogP contribution in [0.25, 0.3) is 0 Å². The third kappa shape index (κ3) is 5.04. The molecule has 3 N–H and O–H groups in total. The molecule has 0 radical (unpaired) electrons. The maximum atomic E-state index is 11.4. The zero-order valence-corrected chi connectivity index (χ0v) is 10.4. The number of nitrogens with one attached hydrogen (secondary N) is 2. The average molecular weight is 244 g/mol. The Bertz CT molecular complexity index is 294. The fourth-order valence-electron chi connectivity index (χ4n) is 1.41. The van der Waals surface area contributed by atoms with Gasteiger partial charge in [-0.15, -0.1) is 0 Å². The van der Waals surface area contributed by atoms with Crippen molar-refractivity contribution in [1.29, 1.82) is 0 Å². The van der Waals surface area contributed by atoms with Crippen LogP contribution in [0.15, 0.2) is 0 Å². The van der Waals surface area contributed by atoms with E-state index in [4.69, 9.17) is 9.84 Å². The molecule has 0 aliphatic heterocycles. The summed E-state index contributed by atoms with van der Waals surface area (Å²) in [6, 6.07) is 0.172. The molecule has 0 bridgehead atoms. The molecule has 1 amide bonds. The minimum atomic E-state index is -1.11. The van der Waals surface area contributed by atoms with Gasteiger partial charge in [-0.25, -0.2) is 9.59 Å². The SMILES string of the molecule is CC(C)(C)OC(=O)NC(NC1CCC1)C(=O)O. The van der Waals surface area contributed by atoms with Crippen LogP contribution in [0.5, 0.6) is 0 Å². The Morgan fingerprint density at radius 2 is 1.94 bits per heavy atom. The van der Waals surface area contributed by atoms with Gasteiger partial charge in [-0.1, -0.05) is 6.42 Å². The summed E-state index contributed by atoms with van der Waals surface area (Å²) in [5, 5.41) is 14.1. The molecule has 98 valence electrons. The Labute approximate surface area is 101 Å². The summed E-state index contributed by atoms with van der Waals surface area (Å²) in [6.45, 7) is 5.17. The molecule has 0 spiro atoms. The van der Waals surface area contributed by atoms with E-state index >= 15 is 0 Å². The molecular formula is C11H20N2O4. The number of aliphatic carboxylic acids is 1.